The van der Waals surface area contributed by atoms with Gasteiger partial charge in [-0.2, -0.15) is 0 Å². The number of hydrogen-bond acceptors (Lipinski definition) is 4. The zero-order valence-corrected chi connectivity index (χ0v) is 15.2. The van der Waals surface area contributed by atoms with Crippen LogP contribution in [0.1, 0.15) is 29.9 Å². The largest absolute Gasteiger partial charge is 0.290 e. The maximum absolute atomic E-state index is 13.0. The molecule has 2 atom stereocenters. The highest BCUT2D eigenvalue weighted by Crippen LogP contribution is 2.59. The van der Waals surface area contributed by atoms with E-state index in [4.69, 9.17) is 0 Å². The number of halogens is 1. The summed E-state index contributed by atoms with van der Waals surface area (Å²) in [6, 6.07) is 7.43. The lowest BCUT2D eigenvalue weighted by molar-refractivity contribution is -0.117. The first-order valence-corrected chi connectivity index (χ1v) is 9.02. The van der Waals surface area contributed by atoms with Crippen LogP contribution in [0.4, 0.5) is 0 Å². The molecule has 0 N–H and O–H groups in total. The lowest BCUT2D eigenvalue weighted by Gasteiger charge is -2.44. The van der Waals surface area contributed by atoms with E-state index in [0.717, 1.165) is 11.1 Å². The van der Waals surface area contributed by atoms with E-state index >= 15 is 0 Å². The Labute approximate surface area is 157 Å². The highest BCUT2D eigenvalue weighted by molar-refractivity contribution is 9.12. The molecule has 0 aromatic heterocycles. The molecule has 0 amide bonds. The van der Waals surface area contributed by atoms with E-state index in [2.05, 4.69) is 15.9 Å². The zero-order valence-electron chi connectivity index (χ0n) is 13.6. The van der Waals surface area contributed by atoms with Gasteiger partial charge in [0.2, 0.25) is 0 Å². The fraction of sp³-hybridized carbons (Fsp3) is 0.143. The quantitative estimate of drug-likeness (QED) is 0.621. The van der Waals surface area contributed by atoms with Crippen molar-refractivity contribution in [2.45, 2.75) is 18.8 Å². The molecule has 0 spiro atoms. The standard InChI is InChI=1S/C21H11BrO4/c1-8-19(22)21(26)18-14-10-5-3-2-4-9(10)13(17(18)20(8)25)15-11(23)6-7-12(24)16(14)15/h2-7,13-14H,1H3. The maximum Gasteiger partial charge on any atom is 0.197 e. The molecule has 26 heavy (non-hydrogen) atoms. The van der Waals surface area contributed by atoms with Crippen molar-refractivity contribution in [1.29, 1.82) is 0 Å². The van der Waals surface area contributed by atoms with E-state index < -0.39 is 11.8 Å². The van der Waals surface area contributed by atoms with Gasteiger partial charge in [0.05, 0.1) is 4.48 Å². The molecule has 0 fully saturated rings. The molecular formula is C21H11BrO4. The van der Waals surface area contributed by atoms with E-state index in [1.807, 2.05) is 24.3 Å². The van der Waals surface area contributed by atoms with Crippen molar-refractivity contribution >= 4 is 39.1 Å². The van der Waals surface area contributed by atoms with E-state index in [1.165, 1.54) is 12.2 Å². The first kappa shape index (κ1) is 15.6. The van der Waals surface area contributed by atoms with Gasteiger partial charge in [0.25, 0.3) is 0 Å². The highest BCUT2D eigenvalue weighted by atomic mass is 79.9. The Morgan fingerprint density at radius 3 is 1.69 bits per heavy atom. The molecule has 126 valence electrons. The average molecular weight is 407 g/mol. The van der Waals surface area contributed by atoms with Crippen molar-refractivity contribution in [2.24, 2.45) is 0 Å². The number of carbonyl (C=O) groups excluding carboxylic acids is 4. The third kappa shape index (κ3) is 1.64. The SMILES string of the molecule is CC1=C(Br)C(=O)C2=C(C1=O)C1C3=C(C(=O)C=CC3=O)C2c2ccccc21. The number of ketones is 4. The van der Waals surface area contributed by atoms with Gasteiger partial charge in [-0.15, -0.1) is 0 Å². The van der Waals surface area contributed by atoms with Gasteiger partial charge in [-0.05, 0) is 46.1 Å². The minimum absolute atomic E-state index is 0.235. The molecule has 0 radical (unpaired) electrons. The minimum atomic E-state index is -0.667. The first-order valence-electron chi connectivity index (χ1n) is 8.23. The van der Waals surface area contributed by atoms with Crippen LogP contribution in [-0.2, 0) is 19.2 Å². The van der Waals surface area contributed by atoms with Gasteiger partial charge in [-0.25, -0.2) is 0 Å². The molecular weight excluding hydrogens is 396 g/mol. The van der Waals surface area contributed by atoms with Crippen LogP contribution in [0, 0.1) is 0 Å². The predicted molar refractivity (Wildman–Crippen MR) is 96.8 cm³/mol. The molecule has 6 rings (SSSR count). The van der Waals surface area contributed by atoms with Crippen molar-refractivity contribution < 1.29 is 19.2 Å². The first-order chi connectivity index (χ1) is 12.4. The lowest BCUT2D eigenvalue weighted by atomic mass is 9.56. The number of rotatable bonds is 0. The van der Waals surface area contributed by atoms with Crippen LogP contribution in [0.15, 0.2) is 68.8 Å². The summed E-state index contributed by atoms with van der Waals surface area (Å²) in [5.41, 5.74) is 3.39. The van der Waals surface area contributed by atoms with Crippen molar-refractivity contribution in [2.75, 3.05) is 0 Å². The molecule has 1 aromatic carbocycles. The summed E-state index contributed by atoms with van der Waals surface area (Å²) < 4.78 is 0.235. The molecule has 1 aromatic rings. The molecule has 0 saturated heterocycles. The van der Waals surface area contributed by atoms with Gasteiger partial charge in [0.1, 0.15) is 0 Å². The Hall–Kier alpha value is -2.66. The van der Waals surface area contributed by atoms with Crippen LogP contribution < -0.4 is 0 Å². The van der Waals surface area contributed by atoms with Crippen LogP contribution >= 0.6 is 15.9 Å². The molecule has 2 unspecified atom stereocenters. The van der Waals surface area contributed by atoms with Gasteiger partial charge in [0.15, 0.2) is 23.1 Å². The Kier molecular flexibility index (Phi) is 2.97. The second kappa shape index (κ2) is 4.95. The lowest BCUT2D eigenvalue weighted by Crippen LogP contribution is -2.41. The predicted octanol–water partition coefficient (Wildman–Crippen LogP) is 3.00. The van der Waals surface area contributed by atoms with Gasteiger partial charge in [-0.1, -0.05) is 24.3 Å². The Balaban J connectivity index is 1.88. The van der Waals surface area contributed by atoms with E-state index in [9.17, 15) is 19.2 Å². The zero-order chi connectivity index (χ0) is 18.3. The van der Waals surface area contributed by atoms with Gasteiger partial charge in [-0.3, -0.25) is 19.2 Å². The summed E-state index contributed by atoms with van der Waals surface area (Å²) in [6.07, 6.45) is 2.52. The monoisotopic (exact) mass is 406 g/mol. The van der Waals surface area contributed by atoms with Crippen molar-refractivity contribution in [3.63, 3.8) is 0 Å². The molecule has 0 heterocycles. The van der Waals surface area contributed by atoms with Gasteiger partial charge >= 0.3 is 0 Å². The molecule has 5 aliphatic rings. The average Bonchev–Trinajstić information content (AvgIpc) is 2.66. The van der Waals surface area contributed by atoms with E-state index in [1.54, 1.807) is 6.92 Å². The molecule has 5 aliphatic carbocycles. The Morgan fingerprint density at radius 2 is 1.19 bits per heavy atom. The number of Topliss-reactive ketones (excluding diaryl/α,β-unsaturated/α-hetero) is 2. The van der Waals surface area contributed by atoms with Crippen LogP contribution in [-0.4, -0.2) is 23.1 Å². The molecule has 2 bridgehead atoms. The smallest absolute Gasteiger partial charge is 0.197 e. The Morgan fingerprint density at radius 1 is 0.731 bits per heavy atom. The summed E-state index contributed by atoms with van der Waals surface area (Å²) in [7, 11) is 0. The number of benzene rings is 1. The topological polar surface area (TPSA) is 68.3 Å². The molecule has 0 aliphatic heterocycles. The van der Waals surface area contributed by atoms with Crippen LogP contribution in [0.5, 0.6) is 0 Å². The van der Waals surface area contributed by atoms with Crippen molar-refractivity contribution in [3.05, 3.63) is 79.9 Å². The van der Waals surface area contributed by atoms with Crippen LogP contribution in [0.2, 0.25) is 0 Å². The van der Waals surface area contributed by atoms with Gasteiger partial charge in [0, 0.05) is 39.7 Å². The molecule has 0 saturated carbocycles. The third-order valence-corrected chi connectivity index (χ3v) is 6.58. The van der Waals surface area contributed by atoms with Crippen molar-refractivity contribution in [1.82, 2.24) is 0 Å². The summed E-state index contributed by atoms with van der Waals surface area (Å²) >= 11 is 3.24. The highest BCUT2D eigenvalue weighted by Gasteiger charge is 2.53. The van der Waals surface area contributed by atoms with E-state index in [-0.39, 0.29) is 27.6 Å². The second-order valence-corrected chi connectivity index (χ2v) is 7.60. The van der Waals surface area contributed by atoms with Crippen LogP contribution in [0.3, 0.4) is 0 Å². The van der Waals surface area contributed by atoms with Crippen molar-refractivity contribution in [3.8, 4) is 0 Å². The number of allylic oxidation sites excluding steroid dienone is 8. The summed E-state index contributed by atoms with van der Waals surface area (Å²) in [4.78, 5) is 51.4. The second-order valence-electron chi connectivity index (χ2n) is 6.81. The fourth-order valence-corrected chi connectivity index (χ4v) is 4.94. The minimum Gasteiger partial charge on any atom is -0.290 e. The third-order valence-electron chi connectivity index (χ3n) is 5.63. The summed E-state index contributed by atoms with van der Waals surface area (Å²) in [6.45, 7) is 1.60. The van der Waals surface area contributed by atoms with Crippen LogP contribution in [0.25, 0.3) is 0 Å². The Bertz CT molecular complexity index is 1040. The summed E-state index contributed by atoms with van der Waals surface area (Å²) in [5.74, 6) is -2.37. The number of hydrogen-bond donors (Lipinski definition) is 0. The van der Waals surface area contributed by atoms with Gasteiger partial charge < -0.3 is 0 Å². The maximum atomic E-state index is 13.0. The fourth-order valence-electron chi connectivity index (χ4n) is 4.55. The normalized spacial score (nSPS) is 26.5. The van der Waals surface area contributed by atoms with E-state index in [0.29, 0.717) is 27.9 Å². The molecule has 5 heteroatoms. The molecule has 4 nitrogen and oxygen atoms in total. The summed E-state index contributed by atoms with van der Waals surface area (Å²) in [5, 5.41) is 0. The number of carbonyl (C=O) groups is 4.